The number of methoxy groups -OCH3 is 2. The number of rotatable bonds is 5. The lowest BCUT2D eigenvalue weighted by Crippen LogP contribution is -2.22. The highest BCUT2D eigenvalue weighted by Crippen LogP contribution is 2.22. The summed E-state index contributed by atoms with van der Waals surface area (Å²) < 4.78 is 23.3. The second kappa shape index (κ2) is 6.74. The molecule has 1 N–H and O–H groups in total. The lowest BCUT2D eigenvalue weighted by atomic mass is 10.1. The molecule has 0 saturated heterocycles. The molecule has 1 amide bonds. The molecule has 0 heterocycles. The molecular weight excluding hydrogens is 273 g/mol. The summed E-state index contributed by atoms with van der Waals surface area (Å²) in [4.78, 5) is 12.1. The van der Waals surface area contributed by atoms with Gasteiger partial charge >= 0.3 is 0 Å². The van der Waals surface area contributed by atoms with Gasteiger partial charge in [-0.3, -0.25) is 4.79 Å². The van der Waals surface area contributed by atoms with Crippen molar-refractivity contribution >= 4 is 5.91 Å². The molecular formula is C16H16FNO3. The number of carbonyl (C=O) groups is 1. The van der Waals surface area contributed by atoms with E-state index in [1.165, 1.54) is 26.4 Å². The van der Waals surface area contributed by atoms with E-state index in [4.69, 9.17) is 9.47 Å². The number of amides is 1. The second-order valence-corrected chi connectivity index (χ2v) is 4.41. The summed E-state index contributed by atoms with van der Waals surface area (Å²) in [7, 11) is 3.03. The molecule has 0 saturated carbocycles. The monoisotopic (exact) mass is 289 g/mol. The highest BCUT2D eigenvalue weighted by molar-refractivity contribution is 5.95. The summed E-state index contributed by atoms with van der Waals surface area (Å²) >= 11 is 0. The van der Waals surface area contributed by atoms with Crippen molar-refractivity contribution in [3.05, 3.63) is 59.4 Å². The van der Waals surface area contributed by atoms with Crippen LogP contribution in [0.4, 0.5) is 4.39 Å². The molecule has 0 unspecified atom stereocenters. The third-order valence-corrected chi connectivity index (χ3v) is 2.96. The third kappa shape index (κ3) is 3.95. The summed E-state index contributed by atoms with van der Waals surface area (Å²) in [6.07, 6.45) is 0. The Morgan fingerprint density at radius 2 is 1.76 bits per heavy atom. The van der Waals surface area contributed by atoms with Gasteiger partial charge in [-0.25, -0.2) is 4.39 Å². The first-order chi connectivity index (χ1) is 10.1. The van der Waals surface area contributed by atoms with Gasteiger partial charge in [-0.15, -0.1) is 0 Å². The molecule has 2 aromatic rings. The Bertz CT molecular complexity index is 621. The van der Waals surface area contributed by atoms with E-state index in [1.54, 1.807) is 30.3 Å². The molecule has 4 nitrogen and oxygen atoms in total. The van der Waals surface area contributed by atoms with Crippen LogP contribution >= 0.6 is 0 Å². The van der Waals surface area contributed by atoms with E-state index in [1.807, 2.05) is 0 Å². The van der Waals surface area contributed by atoms with Crippen molar-refractivity contribution < 1.29 is 18.7 Å². The van der Waals surface area contributed by atoms with Crippen LogP contribution < -0.4 is 14.8 Å². The third-order valence-electron chi connectivity index (χ3n) is 2.96. The van der Waals surface area contributed by atoms with E-state index in [-0.39, 0.29) is 18.3 Å². The molecule has 0 bridgehead atoms. The van der Waals surface area contributed by atoms with E-state index in [0.29, 0.717) is 22.6 Å². The molecule has 2 rings (SSSR count). The predicted octanol–water partition coefficient (Wildman–Crippen LogP) is 2.77. The van der Waals surface area contributed by atoms with Gasteiger partial charge < -0.3 is 14.8 Å². The van der Waals surface area contributed by atoms with E-state index < -0.39 is 0 Å². The molecule has 0 aromatic heterocycles. The Kier molecular flexibility index (Phi) is 4.77. The fourth-order valence-electron chi connectivity index (χ4n) is 1.87. The van der Waals surface area contributed by atoms with Crippen molar-refractivity contribution in [2.45, 2.75) is 6.54 Å². The molecule has 5 heteroatoms. The van der Waals surface area contributed by atoms with Crippen molar-refractivity contribution in [3.8, 4) is 11.5 Å². The SMILES string of the molecule is COc1cc(OC)cc(C(=O)NCc2cccc(F)c2)c1. The van der Waals surface area contributed by atoms with Crippen molar-refractivity contribution in [3.63, 3.8) is 0 Å². The lowest BCUT2D eigenvalue weighted by Gasteiger charge is -2.09. The molecule has 0 aliphatic heterocycles. The molecule has 21 heavy (non-hydrogen) atoms. The molecule has 2 aromatic carbocycles. The zero-order valence-electron chi connectivity index (χ0n) is 11.9. The Morgan fingerprint density at radius 3 is 2.33 bits per heavy atom. The minimum absolute atomic E-state index is 0.246. The van der Waals surface area contributed by atoms with Crippen molar-refractivity contribution in [2.24, 2.45) is 0 Å². The van der Waals surface area contributed by atoms with Crippen LogP contribution in [0.15, 0.2) is 42.5 Å². The highest BCUT2D eigenvalue weighted by Gasteiger charge is 2.09. The van der Waals surface area contributed by atoms with E-state index in [2.05, 4.69) is 5.32 Å². The van der Waals surface area contributed by atoms with Gasteiger partial charge in [0.1, 0.15) is 17.3 Å². The Morgan fingerprint density at radius 1 is 1.10 bits per heavy atom. The van der Waals surface area contributed by atoms with E-state index >= 15 is 0 Å². The largest absolute Gasteiger partial charge is 0.497 e. The van der Waals surface area contributed by atoms with Crippen LogP contribution in [0, 0.1) is 5.82 Å². The van der Waals surface area contributed by atoms with Crippen molar-refractivity contribution in [2.75, 3.05) is 14.2 Å². The van der Waals surface area contributed by atoms with Gasteiger partial charge in [0, 0.05) is 18.2 Å². The van der Waals surface area contributed by atoms with Crippen LogP contribution in [-0.2, 0) is 6.54 Å². The minimum Gasteiger partial charge on any atom is -0.497 e. The average Bonchev–Trinajstić information content (AvgIpc) is 2.52. The quantitative estimate of drug-likeness (QED) is 0.920. The van der Waals surface area contributed by atoms with E-state index in [0.717, 1.165) is 0 Å². The Balaban J connectivity index is 2.09. The van der Waals surface area contributed by atoms with Crippen LogP contribution in [0.1, 0.15) is 15.9 Å². The van der Waals surface area contributed by atoms with Crippen molar-refractivity contribution in [1.82, 2.24) is 5.32 Å². The van der Waals surface area contributed by atoms with Crippen molar-refractivity contribution in [1.29, 1.82) is 0 Å². The number of nitrogens with one attached hydrogen (secondary N) is 1. The zero-order chi connectivity index (χ0) is 15.2. The normalized spacial score (nSPS) is 10.0. The van der Waals surface area contributed by atoms with Crippen LogP contribution in [0.2, 0.25) is 0 Å². The number of halogens is 1. The number of benzene rings is 2. The maximum absolute atomic E-state index is 13.1. The molecule has 0 aliphatic carbocycles. The fraction of sp³-hybridized carbons (Fsp3) is 0.188. The van der Waals surface area contributed by atoms with Gasteiger partial charge in [0.05, 0.1) is 14.2 Å². The smallest absolute Gasteiger partial charge is 0.251 e. The maximum atomic E-state index is 13.1. The predicted molar refractivity (Wildman–Crippen MR) is 77.1 cm³/mol. The van der Waals surface area contributed by atoms with Crippen LogP contribution in [0.3, 0.4) is 0 Å². The number of hydrogen-bond donors (Lipinski definition) is 1. The van der Waals surface area contributed by atoms with Crippen LogP contribution in [0.25, 0.3) is 0 Å². The maximum Gasteiger partial charge on any atom is 0.251 e. The second-order valence-electron chi connectivity index (χ2n) is 4.41. The number of carbonyl (C=O) groups excluding carboxylic acids is 1. The van der Waals surface area contributed by atoms with Gasteiger partial charge in [-0.1, -0.05) is 12.1 Å². The summed E-state index contributed by atoms with van der Waals surface area (Å²) in [6, 6.07) is 11.0. The molecule has 0 aliphatic rings. The minimum atomic E-state index is -0.329. The van der Waals surface area contributed by atoms with Gasteiger partial charge in [0.2, 0.25) is 0 Å². The average molecular weight is 289 g/mol. The van der Waals surface area contributed by atoms with Gasteiger partial charge in [-0.05, 0) is 29.8 Å². The van der Waals surface area contributed by atoms with Gasteiger partial charge in [-0.2, -0.15) is 0 Å². The topological polar surface area (TPSA) is 47.6 Å². The highest BCUT2D eigenvalue weighted by atomic mass is 19.1. The zero-order valence-corrected chi connectivity index (χ0v) is 11.9. The lowest BCUT2D eigenvalue weighted by molar-refractivity contribution is 0.0950. The molecule has 0 radical (unpaired) electrons. The summed E-state index contributed by atoms with van der Waals surface area (Å²) in [5.74, 6) is 0.455. The summed E-state index contributed by atoms with van der Waals surface area (Å²) in [6.45, 7) is 0.246. The van der Waals surface area contributed by atoms with Crippen LogP contribution in [-0.4, -0.2) is 20.1 Å². The van der Waals surface area contributed by atoms with Gasteiger partial charge in [0.15, 0.2) is 0 Å². The number of ether oxygens (including phenoxy) is 2. The summed E-state index contributed by atoms with van der Waals surface area (Å²) in [5.41, 5.74) is 1.11. The first-order valence-corrected chi connectivity index (χ1v) is 6.38. The first-order valence-electron chi connectivity index (χ1n) is 6.38. The summed E-state index contributed by atoms with van der Waals surface area (Å²) in [5, 5.41) is 2.73. The standard InChI is InChI=1S/C16H16FNO3/c1-20-14-7-12(8-15(9-14)21-2)16(19)18-10-11-4-3-5-13(17)6-11/h3-9H,10H2,1-2H3,(H,18,19). The van der Waals surface area contributed by atoms with Gasteiger partial charge in [0.25, 0.3) is 5.91 Å². The number of hydrogen-bond acceptors (Lipinski definition) is 3. The first kappa shape index (κ1) is 14.8. The Labute approximate surface area is 122 Å². The van der Waals surface area contributed by atoms with E-state index in [9.17, 15) is 9.18 Å². The molecule has 110 valence electrons. The molecule has 0 spiro atoms. The molecule has 0 atom stereocenters. The Hall–Kier alpha value is -2.56. The molecule has 0 fully saturated rings. The van der Waals surface area contributed by atoms with Crippen LogP contribution in [0.5, 0.6) is 11.5 Å². The fourth-order valence-corrected chi connectivity index (χ4v) is 1.87.